The summed E-state index contributed by atoms with van der Waals surface area (Å²) >= 11 is 0. The Morgan fingerprint density at radius 1 is 0.964 bits per heavy atom. The van der Waals surface area contributed by atoms with Gasteiger partial charge in [0.05, 0.1) is 30.4 Å². The second kappa shape index (κ2) is 16.1. The number of nitrogens with one attached hydrogen (secondary N) is 3. The van der Waals surface area contributed by atoms with Crippen molar-refractivity contribution in [3.05, 3.63) is 96.3 Å². The van der Waals surface area contributed by atoms with Crippen molar-refractivity contribution < 1.29 is 32.6 Å². The number of aliphatic hydroxyl groups excluding tert-OH is 1. The average molecular weight is 760 g/mol. The quantitative estimate of drug-likeness (QED) is 0.106. The van der Waals surface area contributed by atoms with Gasteiger partial charge in [0.15, 0.2) is 23.1 Å². The van der Waals surface area contributed by atoms with Gasteiger partial charge in [0, 0.05) is 43.6 Å². The van der Waals surface area contributed by atoms with Crippen LogP contribution in [0.4, 0.5) is 24.9 Å². The summed E-state index contributed by atoms with van der Waals surface area (Å²) in [6.45, 7) is 4.94. The summed E-state index contributed by atoms with van der Waals surface area (Å²) in [5, 5.41) is 20.8. The molecule has 4 N–H and O–H groups in total. The Kier molecular flexibility index (Phi) is 11.0. The molecular weight excluding hydrogens is 715 g/mol. The van der Waals surface area contributed by atoms with Crippen LogP contribution >= 0.6 is 0 Å². The van der Waals surface area contributed by atoms with E-state index in [0.29, 0.717) is 43.7 Å². The van der Waals surface area contributed by atoms with Gasteiger partial charge in [0.2, 0.25) is 11.9 Å². The van der Waals surface area contributed by atoms with Crippen LogP contribution in [0.1, 0.15) is 74.4 Å². The Balaban J connectivity index is 1.23. The molecule has 5 aromatic rings. The first-order valence-electron chi connectivity index (χ1n) is 18.6. The topological polar surface area (TPSA) is 161 Å². The van der Waals surface area contributed by atoms with Crippen LogP contribution in [-0.2, 0) is 20.7 Å². The number of hydrogen-bond donors (Lipinski definition) is 4. The number of carbonyl (C=O) groups is 2. The Morgan fingerprint density at radius 3 is 2.25 bits per heavy atom. The van der Waals surface area contributed by atoms with Gasteiger partial charge in [0.1, 0.15) is 6.10 Å². The molecule has 7 rings (SSSR count). The van der Waals surface area contributed by atoms with Gasteiger partial charge in [-0.15, -0.1) is 0 Å². The van der Waals surface area contributed by atoms with Crippen molar-refractivity contribution in [2.75, 3.05) is 23.7 Å². The molecule has 2 saturated carbocycles. The number of halogens is 3. The summed E-state index contributed by atoms with van der Waals surface area (Å²) in [5.74, 6) is -2.47. The maximum atomic E-state index is 13.5. The largest absolute Gasteiger partial charge is 0.490 e. The first-order chi connectivity index (χ1) is 26.5. The number of amides is 1. The van der Waals surface area contributed by atoms with Crippen LogP contribution in [0.15, 0.2) is 79.5 Å². The fraction of sp³-hybridized carbons (Fsp3) is 0.436. The number of hydrogen-bond acceptors (Lipinski definition) is 10. The van der Waals surface area contributed by atoms with Crippen LogP contribution < -0.4 is 16.0 Å². The van der Waals surface area contributed by atoms with Crippen LogP contribution in [0.5, 0.6) is 0 Å². The van der Waals surface area contributed by atoms with Gasteiger partial charge < -0.3 is 34.9 Å². The van der Waals surface area contributed by atoms with Gasteiger partial charge >= 0.3 is 12.1 Å². The predicted molar refractivity (Wildman–Crippen MR) is 198 cm³/mol. The SMILES string of the molecule is CC(C)n1cnc(CCNc2nc(NCC(c3ccccc3)c3ccccc3)c3ncn([C@@H]4C[C@H](NC(=O)C5CCC5)[C@@H](O)[C@H]4OC(=O)C(F)(F)F)c3n2)c1. The second-order valence-corrected chi connectivity index (χ2v) is 14.5. The van der Waals surface area contributed by atoms with E-state index in [9.17, 15) is 27.9 Å². The van der Waals surface area contributed by atoms with E-state index >= 15 is 0 Å². The molecule has 13 nitrogen and oxygen atoms in total. The monoisotopic (exact) mass is 759 g/mol. The zero-order valence-electron chi connectivity index (χ0n) is 30.5. The molecule has 3 aromatic heterocycles. The number of esters is 1. The van der Waals surface area contributed by atoms with Gasteiger partial charge in [-0.05, 0) is 44.2 Å². The number of ether oxygens (including phenoxy) is 1. The lowest BCUT2D eigenvalue weighted by molar-refractivity contribution is -0.209. The molecule has 0 radical (unpaired) electrons. The molecule has 55 heavy (non-hydrogen) atoms. The minimum absolute atomic E-state index is 0.0426. The number of carbonyl (C=O) groups excluding carboxylic acids is 2. The summed E-state index contributed by atoms with van der Waals surface area (Å²) in [6.07, 6.45) is -0.674. The Morgan fingerprint density at radius 2 is 1.65 bits per heavy atom. The molecule has 2 aliphatic rings. The number of benzene rings is 2. The van der Waals surface area contributed by atoms with Crippen molar-refractivity contribution in [3.63, 3.8) is 0 Å². The van der Waals surface area contributed by atoms with E-state index < -0.39 is 36.4 Å². The fourth-order valence-electron chi connectivity index (χ4n) is 7.17. The van der Waals surface area contributed by atoms with Crippen molar-refractivity contribution in [2.45, 2.75) is 88.4 Å². The number of imidazole rings is 2. The highest BCUT2D eigenvalue weighted by atomic mass is 19.4. The zero-order chi connectivity index (χ0) is 38.7. The van der Waals surface area contributed by atoms with Gasteiger partial charge in [0.25, 0.3) is 0 Å². The third-order valence-corrected chi connectivity index (χ3v) is 10.5. The number of anilines is 2. The molecule has 0 aliphatic heterocycles. The smallest absolute Gasteiger partial charge is 0.451 e. The van der Waals surface area contributed by atoms with Gasteiger partial charge in [-0.3, -0.25) is 4.79 Å². The Labute approximate surface area is 315 Å². The lowest BCUT2D eigenvalue weighted by Gasteiger charge is -2.27. The van der Waals surface area contributed by atoms with Crippen molar-refractivity contribution in [2.24, 2.45) is 5.92 Å². The minimum Gasteiger partial charge on any atom is -0.451 e. The minimum atomic E-state index is -5.30. The zero-order valence-corrected chi connectivity index (χ0v) is 30.5. The molecule has 0 unspecified atom stereocenters. The second-order valence-electron chi connectivity index (χ2n) is 14.5. The molecule has 4 atom stereocenters. The lowest BCUT2D eigenvalue weighted by atomic mass is 9.84. The number of aromatic nitrogens is 6. The summed E-state index contributed by atoms with van der Waals surface area (Å²) in [4.78, 5) is 43.7. The highest BCUT2D eigenvalue weighted by Gasteiger charge is 2.51. The van der Waals surface area contributed by atoms with Crippen molar-refractivity contribution in [3.8, 4) is 0 Å². The molecule has 2 aliphatic carbocycles. The summed E-state index contributed by atoms with van der Waals surface area (Å²) in [5.41, 5.74) is 3.55. The van der Waals surface area contributed by atoms with Crippen LogP contribution in [0, 0.1) is 5.92 Å². The maximum absolute atomic E-state index is 13.5. The van der Waals surface area contributed by atoms with E-state index in [1.807, 2.05) is 71.4 Å². The molecule has 2 fully saturated rings. The number of nitrogens with zero attached hydrogens (tertiary/aromatic N) is 6. The Hall–Kier alpha value is -5.51. The molecule has 1 amide bonds. The molecular formula is C39H44F3N9O4. The molecule has 0 spiro atoms. The Bertz CT molecular complexity index is 2050. The molecule has 3 heterocycles. The van der Waals surface area contributed by atoms with E-state index in [2.05, 4.69) is 39.8 Å². The van der Waals surface area contributed by atoms with Crippen LogP contribution in [-0.4, -0.2) is 83.6 Å². The van der Waals surface area contributed by atoms with E-state index in [-0.39, 0.29) is 41.8 Å². The normalized spacial score (nSPS) is 20.1. The molecule has 290 valence electrons. The number of rotatable bonds is 14. The summed E-state index contributed by atoms with van der Waals surface area (Å²) in [6, 6.07) is 18.2. The van der Waals surface area contributed by atoms with Crippen molar-refractivity contribution in [1.29, 1.82) is 0 Å². The number of aliphatic hydroxyl groups is 1. The van der Waals surface area contributed by atoms with Crippen LogP contribution in [0.3, 0.4) is 0 Å². The summed E-state index contributed by atoms with van der Waals surface area (Å²) in [7, 11) is 0. The van der Waals surface area contributed by atoms with Gasteiger partial charge in [-0.1, -0.05) is 67.1 Å². The predicted octanol–water partition coefficient (Wildman–Crippen LogP) is 5.57. The highest BCUT2D eigenvalue weighted by Crippen LogP contribution is 2.38. The molecule has 2 aromatic carbocycles. The molecule has 16 heteroatoms. The van der Waals surface area contributed by atoms with Crippen LogP contribution in [0.25, 0.3) is 11.2 Å². The van der Waals surface area contributed by atoms with E-state index in [1.54, 1.807) is 6.33 Å². The summed E-state index contributed by atoms with van der Waals surface area (Å²) < 4.78 is 49.0. The number of fused-ring (bicyclic) bond motifs is 1. The van der Waals surface area contributed by atoms with Gasteiger partial charge in [-0.2, -0.15) is 23.1 Å². The molecule has 0 bridgehead atoms. The van der Waals surface area contributed by atoms with Crippen molar-refractivity contribution in [1.82, 2.24) is 34.4 Å². The van der Waals surface area contributed by atoms with Crippen molar-refractivity contribution >= 4 is 34.8 Å². The third-order valence-electron chi connectivity index (χ3n) is 10.5. The lowest BCUT2D eigenvalue weighted by Crippen LogP contribution is -2.47. The van der Waals surface area contributed by atoms with E-state index in [4.69, 9.17) is 14.7 Å². The molecule has 0 saturated heterocycles. The average Bonchev–Trinajstić information content (AvgIpc) is 3.86. The van der Waals surface area contributed by atoms with Gasteiger partial charge in [-0.25, -0.2) is 14.8 Å². The fourth-order valence-corrected chi connectivity index (χ4v) is 7.17. The third kappa shape index (κ3) is 8.43. The standard InChI is InChI=1S/C39H44F3N9O4/c1-23(2)50-20-27(45-21-50)16-17-43-38-48-34(44-19-28(24-10-5-3-6-11-24)25-12-7-4-8-13-25)31-35(49-38)51(22-46-31)30-18-29(47-36(53)26-14-9-15-26)32(52)33(30)55-37(54)39(40,41)42/h3-8,10-13,20-23,26,28-30,32-33,52H,9,14-19H2,1-2H3,(H,47,53)(H2,43,44,48,49)/t29-,30+,32+,33-/m0/s1. The van der Waals surface area contributed by atoms with E-state index in [1.165, 1.54) is 10.9 Å². The van der Waals surface area contributed by atoms with Crippen LogP contribution in [0.2, 0.25) is 0 Å². The maximum Gasteiger partial charge on any atom is 0.490 e. The number of alkyl halides is 3. The highest BCUT2D eigenvalue weighted by molar-refractivity contribution is 5.85. The van der Waals surface area contributed by atoms with E-state index in [0.717, 1.165) is 23.2 Å². The first-order valence-corrected chi connectivity index (χ1v) is 18.6. The first kappa shape index (κ1) is 37.8.